The predicted molar refractivity (Wildman–Crippen MR) is 86.7 cm³/mol. The topological polar surface area (TPSA) is 102 Å². The number of rotatable bonds is 4. The number of aromatic nitrogens is 3. The van der Waals surface area contributed by atoms with Crippen molar-refractivity contribution in [3.05, 3.63) is 53.5 Å². The summed E-state index contributed by atoms with van der Waals surface area (Å²) in [5.74, 6) is -1.32. The Morgan fingerprint density at radius 3 is 2.88 bits per heavy atom. The van der Waals surface area contributed by atoms with Gasteiger partial charge in [0, 0.05) is 0 Å². The summed E-state index contributed by atoms with van der Waals surface area (Å²) < 4.78 is -0.316. The van der Waals surface area contributed by atoms with Crippen molar-refractivity contribution >= 4 is 40.5 Å². The van der Waals surface area contributed by atoms with Crippen LogP contribution in [0.5, 0.6) is 0 Å². The quantitative estimate of drug-likeness (QED) is 0.630. The second-order valence-corrected chi connectivity index (χ2v) is 5.97. The monoisotopic (exact) mass is 316 g/mol. The van der Waals surface area contributed by atoms with Crippen LogP contribution < -0.4 is 0 Å². The molecule has 0 fully saturated rings. The number of H-pyrrole nitrogens is 2. The van der Waals surface area contributed by atoms with E-state index in [0.717, 1.165) is 16.5 Å². The van der Waals surface area contributed by atoms with Crippen molar-refractivity contribution in [1.82, 2.24) is 20.1 Å². The summed E-state index contributed by atoms with van der Waals surface area (Å²) in [7, 11) is 0. The number of carbonyl (C=O) groups is 2. The van der Waals surface area contributed by atoms with Gasteiger partial charge in [-0.2, -0.15) is 0 Å². The zero-order chi connectivity index (χ0) is 16.8. The molecule has 3 heterocycles. The van der Waals surface area contributed by atoms with E-state index >= 15 is 0 Å². The Balaban J connectivity index is 1.75. The second kappa shape index (κ2) is 5.55. The number of carboxylic acid groups (broad SMARTS) is 1. The van der Waals surface area contributed by atoms with Gasteiger partial charge in [-0.3, -0.25) is 0 Å². The molecule has 1 unspecified atom stereocenters. The van der Waals surface area contributed by atoms with Crippen molar-refractivity contribution in [2.75, 3.05) is 0 Å². The fraction of sp³-hybridized carbons (Fsp3) is 0.188. The molecule has 0 aliphatic carbocycles. The fourth-order valence-electron chi connectivity index (χ4n) is 3.53. The summed E-state index contributed by atoms with van der Waals surface area (Å²) in [5.41, 5.74) is 2.85. The second-order valence-electron chi connectivity index (χ2n) is 5.97. The summed E-state index contributed by atoms with van der Waals surface area (Å²) in [6, 6.07) is 8.43. The third-order valence-electron chi connectivity index (χ3n) is 4.61. The number of benzene rings is 1. The molecule has 7 nitrogen and oxygen atoms in total. The molecule has 24 heavy (non-hydrogen) atoms. The van der Waals surface area contributed by atoms with Crippen molar-refractivity contribution < 1.29 is 14.7 Å². The van der Waals surface area contributed by atoms with Gasteiger partial charge in [-0.15, -0.1) is 0 Å². The van der Waals surface area contributed by atoms with Crippen molar-refractivity contribution in [1.29, 1.82) is 0 Å². The number of carboxylic acids is 1. The Morgan fingerprint density at radius 2 is 2.17 bits per heavy atom. The first-order chi connectivity index (χ1) is 11.6. The van der Waals surface area contributed by atoms with E-state index < -0.39 is 12.0 Å². The third-order valence-corrected chi connectivity index (χ3v) is 4.61. The Morgan fingerprint density at radius 1 is 1.38 bits per heavy atom. The van der Waals surface area contributed by atoms with Crippen LogP contribution in [0.25, 0.3) is 10.9 Å². The number of para-hydroxylation sites is 1. The van der Waals surface area contributed by atoms with Gasteiger partial charge in [-0.05, 0) is 0 Å². The normalized spacial score (nSPS) is 18.2. The van der Waals surface area contributed by atoms with Crippen LogP contribution in [0.3, 0.4) is 0 Å². The average Bonchev–Trinajstić information content (AvgIpc) is 3.24. The first-order valence-corrected chi connectivity index (χ1v) is 7.72. The summed E-state index contributed by atoms with van der Waals surface area (Å²) in [5, 5.41) is 17.3. The molecule has 1 aliphatic heterocycles. The molecule has 116 valence electrons. The number of nitrogens with one attached hydrogen (secondary N) is 2. The molecule has 0 saturated carbocycles. The standard InChI is InChI=1S/C16H13N4O3.Li/c21-15-14-11(10-3-1-2-4-12(10)18-14)8-20(15)13(16(22)23)7-9-5-6-17-19-9;/h1-6,8,13,18H,7H2,(H,17,19)(H,22,23);. The molecule has 2 aromatic heterocycles. The van der Waals surface area contributed by atoms with Crippen molar-refractivity contribution in [3.8, 4) is 0 Å². The van der Waals surface area contributed by atoms with Gasteiger partial charge < -0.3 is 0 Å². The van der Waals surface area contributed by atoms with Crippen LogP contribution >= 0.6 is 0 Å². The van der Waals surface area contributed by atoms with E-state index in [0.29, 0.717) is 11.4 Å². The minimum atomic E-state index is -1.03. The van der Waals surface area contributed by atoms with Crippen LogP contribution in [0.15, 0.2) is 36.5 Å². The van der Waals surface area contributed by atoms with Crippen molar-refractivity contribution in [2.24, 2.45) is 0 Å². The van der Waals surface area contributed by atoms with Gasteiger partial charge in [-0.25, -0.2) is 0 Å². The van der Waals surface area contributed by atoms with E-state index in [9.17, 15) is 14.7 Å². The zero-order valence-electron chi connectivity index (χ0n) is 13.0. The van der Waals surface area contributed by atoms with Gasteiger partial charge >= 0.3 is 146 Å². The van der Waals surface area contributed by atoms with E-state index in [2.05, 4.69) is 15.2 Å². The van der Waals surface area contributed by atoms with E-state index in [1.54, 1.807) is 12.3 Å². The number of hydrogen-bond acceptors (Lipinski definition) is 3. The molecule has 1 aromatic carbocycles. The summed E-state index contributed by atoms with van der Waals surface area (Å²) in [6.07, 6.45) is 1.80. The number of amides is 1. The van der Waals surface area contributed by atoms with Crippen LogP contribution in [-0.2, 0) is 11.2 Å². The number of aliphatic carboxylic acids is 1. The molecular weight excluding hydrogens is 303 g/mol. The number of fused-ring (bicyclic) bond motifs is 3. The van der Waals surface area contributed by atoms with Gasteiger partial charge in [0.25, 0.3) is 0 Å². The summed E-state index contributed by atoms with van der Waals surface area (Å²) >= 11 is 1.87. The molecular formula is C16H13LiN4O3. The molecule has 0 bridgehead atoms. The molecule has 4 rings (SSSR count). The number of aromatic amines is 2. The molecule has 8 heteroatoms. The first kappa shape index (κ1) is 15.1. The zero-order valence-corrected chi connectivity index (χ0v) is 13.0. The summed E-state index contributed by atoms with van der Waals surface area (Å²) in [6.45, 7) is 0. The van der Waals surface area contributed by atoms with E-state index in [1.165, 1.54) is 4.90 Å². The molecule has 3 N–H and O–H groups in total. The Kier molecular flexibility index (Phi) is 3.48. The molecule has 0 spiro atoms. The third kappa shape index (κ3) is 2.17. The van der Waals surface area contributed by atoms with Crippen molar-refractivity contribution in [3.63, 3.8) is 0 Å². The maximum atomic E-state index is 12.9. The van der Waals surface area contributed by atoms with Gasteiger partial charge in [-0.1, -0.05) is 0 Å². The van der Waals surface area contributed by atoms with E-state index in [-0.39, 0.29) is 17.0 Å². The van der Waals surface area contributed by atoms with Crippen LogP contribution in [0.1, 0.15) is 26.5 Å². The van der Waals surface area contributed by atoms with Crippen LogP contribution in [0, 0.1) is 0 Å². The van der Waals surface area contributed by atoms with Crippen LogP contribution in [0.4, 0.5) is 0 Å². The van der Waals surface area contributed by atoms with Gasteiger partial charge in [0.1, 0.15) is 0 Å². The van der Waals surface area contributed by atoms with Gasteiger partial charge in [0.2, 0.25) is 0 Å². The number of hydrogen-bond donors (Lipinski definition) is 3. The molecule has 3 aromatic rings. The average molecular weight is 316 g/mol. The predicted octanol–water partition coefficient (Wildman–Crippen LogP) is 1.21. The van der Waals surface area contributed by atoms with E-state index in [1.807, 2.05) is 42.0 Å². The van der Waals surface area contributed by atoms with E-state index in [4.69, 9.17) is 0 Å². The SMILES string of the molecule is [Li][C@H]1c2c([nH]c3ccccc23)C(=O)N1C(Cc1cc[nH]n1)C(=O)O. The Labute approximate surface area is 146 Å². The molecule has 0 saturated heterocycles. The number of carbonyl (C=O) groups excluding carboxylic acids is 1. The van der Waals surface area contributed by atoms with Gasteiger partial charge in [0.15, 0.2) is 0 Å². The molecule has 1 aliphatic rings. The fourth-order valence-corrected chi connectivity index (χ4v) is 3.53. The maximum absolute atomic E-state index is 12.9. The Bertz CT molecular complexity index is 934. The number of nitrogens with zero attached hydrogens (tertiary/aromatic N) is 2. The van der Waals surface area contributed by atoms with Crippen molar-refractivity contribution in [2.45, 2.75) is 17.2 Å². The molecule has 2 atom stereocenters. The van der Waals surface area contributed by atoms with Crippen LogP contribution in [0.2, 0.25) is 0 Å². The summed E-state index contributed by atoms with van der Waals surface area (Å²) in [4.78, 5) is 29.2. The molecule has 1 amide bonds. The van der Waals surface area contributed by atoms with Crippen LogP contribution in [-0.4, -0.2) is 60.8 Å². The minimum absolute atomic E-state index is 0.164. The van der Waals surface area contributed by atoms with Gasteiger partial charge in [0.05, 0.1) is 0 Å². The molecule has 0 radical (unpaired) electrons. The Hall–Kier alpha value is -2.49. The first-order valence-electron chi connectivity index (χ1n) is 7.72.